The highest BCUT2D eigenvalue weighted by Gasteiger charge is 2.32. The van der Waals surface area contributed by atoms with Crippen molar-refractivity contribution in [3.05, 3.63) is 59.2 Å². The summed E-state index contributed by atoms with van der Waals surface area (Å²) >= 11 is 0. The first-order valence-electron chi connectivity index (χ1n) is 11.4. The highest BCUT2D eigenvalue weighted by Crippen LogP contribution is 2.33. The number of ether oxygens (including phenoxy) is 2. The number of hydrogen-bond donors (Lipinski definition) is 1. The third-order valence-corrected chi connectivity index (χ3v) is 5.85. The van der Waals surface area contributed by atoms with Gasteiger partial charge in [0, 0.05) is 30.8 Å². The summed E-state index contributed by atoms with van der Waals surface area (Å²) in [6.45, 7) is 10.3. The molecule has 1 amide bonds. The average molecular weight is 496 g/mol. The number of carbonyl (C=O) groups is 1. The molecule has 1 saturated heterocycles. The van der Waals surface area contributed by atoms with Crippen LogP contribution in [0.2, 0.25) is 0 Å². The molecule has 1 fully saturated rings. The fraction of sp³-hybridized carbons (Fsp3) is 0.520. The standard InChI is InChI=1S/C25H32F3N3O4/c1-6-17(32)15-35-20-10-9-16(25(26,27)28)12-19(20)23(33)29-22-13-21(24(2,3)4)30(5)31(22)14-18-8-7-11-34-18/h6,9-10,12-13,17-18,32H,1,7-8,11,14-15H2,2-5H3/b29-22+/t17?,18-/m1/s1. The minimum atomic E-state index is -4.65. The first-order valence-corrected chi connectivity index (χ1v) is 11.4. The third kappa shape index (κ3) is 6.43. The SMILES string of the molecule is C=CC(O)COc1ccc(C(F)(F)F)cc1C(=O)/N=c1\cc(C(C)(C)C)n(C)n1C[C@H]1CCCO1. The first-order chi connectivity index (χ1) is 16.3. The van der Waals surface area contributed by atoms with Gasteiger partial charge in [-0.1, -0.05) is 26.8 Å². The maximum Gasteiger partial charge on any atom is 0.416 e. The summed E-state index contributed by atoms with van der Waals surface area (Å²) in [6.07, 6.45) is -2.71. The molecule has 1 aliphatic rings. The van der Waals surface area contributed by atoms with Gasteiger partial charge in [0.15, 0.2) is 5.49 Å². The fourth-order valence-corrected chi connectivity index (χ4v) is 3.97. The molecule has 0 aliphatic carbocycles. The number of aliphatic hydroxyl groups excluding tert-OH is 1. The number of halogens is 3. The van der Waals surface area contributed by atoms with Crippen molar-refractivity contribution in [1.29, 1.82) is 0 Å². The molecule has 7 nitrogen and oxygen atoms in total. The van der Waals surface area contributed by atoms with Crippen LogP contribution in [0.3, 0.4) is 0 Å². The van der Waals surface area contributed by atoms with Crippen molar-refractivity contribution in [3.63, 3.8) is 0 Å². The van der Waals surface area contributed by atoms with Gasteiger partial charge in [-0.15, -0.1) is 6.58 Å². The Labute approximate surface area is 202 Å². The number of rotatable bonds is 7. The van der Waals surface area contributed by atoms with E-state index in [2.05, 4.69) is 11.6 Å². The van der Waals surface area contributed by atoms with Crippen LogP contribution in [0, 0.1) is 0 Å². The van der Waals surface area contributed by atoms with Crippen LogP contribution in [0.15, 0.2) is 41.9 Å². The maximum atomic E-state index is 13.4. The molecule has 0 saturated carbocycles. The second kappa shape index (κ2) is 10.4. The van der Waals surface area contributed by atoms with Gasteiger partial charge in [-0.2, -0.15) is 18.2 Å². The van der Waals surface area contributed by atoms with Crippen molar-refractivity contribution in [2.24, 2.45) is 12.0 Å². The topological polar surface area (TPSA) is 78.0 Å². The number of alkyl halides is 3. The Bertz CT molecular complexity index is 1140. The molecule has 35 heavy (non-hydrogen) atoms. The van der Waals surface area contributed by atoms with E-state index in [1.165, 1.54) is 6.08 Å². The van der Waals surface area contributed by atoms with Gasteiger partial charge in [-0.3, -0.25) is 14.2 Å². The molecule has 10 heteroatoms. The lowest BCUT2D eigenvalue weighted by molar-refractivity contribution is -0.137. The molecule has 0 bridgehead atoms. The lowest BCUT2D eigenvalue weighted by Gasteiger charge is -2.21. The smallest absolute Gasteiger partial charge is 0.416 e. The number of aromatic nitrogens is 2. The number of hydrogen-bond acceptors (Lipinski definition) is 4. The fourth-order valence-electron chi connectivity index (χ4n) is 3.97. The van der Waals surface area contributed by atoms with Gasteiger partial charge >= 0.3 is 6.18 Å². The van der Waals surface area contributed by atoms with E-state index in [9.17, 15) is 23.1 Å². The molecule has 1 aromatic heterocycles. The van der Waals surface area contributed by atoms with Crippen molar-refractivity contribution < 1.29 is 32.5 Å². The molecule has 0 spiro atoms. The molecule has 192 valence electrons. The number of nitrogens with zero attached hydrogens (tertiary/aromatic N) is 3. The Kier molecular flexibility index (Phi) is 7.96. The Morgan fingerprint density at radius 2 is 2.06 bits per heavy atom. The van der Waals surface area contributed by atoms with Crippen molar-refractivity contribution in [1.82, 2.24) is 9.36 Å². The molecular weight excluding hydrogens is 463 g/mol. The van der Waals surface area contributed by atoms with Gasteiger partial charge < -0.3 is 14.6 Å². The van der Waals surface area contributed by atoms with E-state index in [0.717, 1.165) is 36.7 Å². The molecule has 3 rings (SSSR count). The van der Waals surface area contributed by atoms with Gasteiger partial charge in [0.2, 0.25) is 0 Å². The molecule has 1 N–H and O–H groups in total. The molecule has 2 atom stereocenters. The lowest BCUT2D eigenvalue weighted by Crippen LogP contribution is -2.30. The van der Waals surface area contributed by atoms with E-state index in [1.807, 2.05) is 37.2 Å². The molecule has 1 aromatic carbocycles. The van der Waals surface area contributed by atoms with Crippen molar-refractivity contribution >= 4 is 5.91 Å². The Morgan fingerprint density at radius 1 is 1.34 bits per heavy atom. The lowest BCUT2D eigenvalue weighted by atomic mass is 9.92. The highest BCUT2D eigenvalue weighted by atomic mass is 19.4. The van der Waals surface area contributed by atoms with E-state index in [0.29, 0.717) is 18.6 Å². The summed E-state index contributed by atoms with van der Waals surface area (Å²) in [5.74, 6) is -0.989. The zero-order valence-corrected chi connectivity index (χ0v) is 20.4. The Balaban J connectivity index is 2.09. The number of carbonyl (C=O) groups excluding carboxylic acids is 1. The number of amides is 1. The Hall–Kier alpha value is -2.85. The second-order valence-electron chi connectivity index (χ2n) is 9.62. The van der Waals surface area contributed by atoms with E-state index in [-0.39, 0.29) is 29.4 Å². The monoisotopic (exact) mass is 495 g/mol. The van der Waals surface area contributed by atoms with Crippen LogP contribution in [0.25, 0.3) is 0 Å². The van der Waals surface area contributed by atoms with Crippen LogP contribution >= 0.6 is 0 Å². The first kappa shape index (κ1) is 26.7. The van der Waals surface area contributed by atoms with E-state index >= 15 is 0 Å². The van der Waals surface area contributed by atoms with Crippen LogP contribution < -0.4 is 10.2 Å². The van der Waals surface area contributed by atoms with Gasteiger partial charge in [0.05, 0.1) is 23.8 Å². The van der Waals surface area contributed by atoms with Crippen molar-refractivity contribution in [2.45, 2.75) is 64.0 Å². The van der Waals surface area contributed by atoms with Gasteiger partial charge in [-0.25, -0.2) is 0 Å². The zero-order valence-electron chi connectivity index (χ0n) is 20.4. The Morgan fingerprint density at radius 3 is 2.63 bits per heavy atom. The molecule has 2 heterocycles. The maximum absolute atomic E-state index is 13.4. The largest absolute Gasteiger partial charge is 0.490 e. The van der Waals surface area contributed by atoms with Crippen molar-refractivity contribution in [2.75, 3.05) is 13.2 Å². The highest BCUT2D eigenvalue weighted by molar-refractivity contribution is 5.97. The van der Waals surface area contributed by atoms with Gasteiger partial charge in [0.1, 0.15) is 18.5 Å². The van der Waals surface area contributed by atoms with Gasteiger partial charge in [-0.05, 0) is 31.0 Å². The molecular formula is C25H32F3N3O4. The summed E-state index contributed by atoms with van der Waals surface area (Å²) in [5.41, 5.74) is -0.400. The van der Waals surface area contributed by atoms with Crippen LogP contribution in [0.5, 0.6) is 5.75 Å². The summed E-state index contributed by atoms with van der Waals surface area (Å²) in [6, 6.07) is 4.37. The quantitative estimate of drug-likeness (QED) is 0.590. The van der Waals surface area contributed by atoms with E-state index < -0.39 is 23.8 Å². The molecule has 0 radical (unpaired) electrons. The predicted octanol–water partition coefficient (Wildman–Crippen LogP) is 3.99. The van der Waals surface area contributed by atoms with E-state index in [1.54, 1.807) is 6.07 Å². The summed E-state index contributed by atoms with van der Waals surface area (Å²) in [4.78, 5) is 17.5. The van der Waals surface area contributed by atoms with Crippen LogP contribution in [0.4, 0.5) is 13.2 Å². The third-order valence-electron chi connectivity index (χ3n) is 5.85. The zero-order chi connectivity index (χ0) is 26.0. The minimum absolute atomic E-state index is 0.0432. The molecule has 2 aromatic rings. The number of aliphatic hydroxyl groups is 1. The second-order valence-corrected chi connectivity index (χ2v) is 9.62. The van der Waals surface area contributed by atoms with Crippen LogP contribution in [-0.4, -0.2) is 45.8 Å². The van der Waals surface area contributed by atoms with Gasteiger partial charge in [0.25, 0.3) is 5.91 Å². The summed E-state index contributed by atoms with van der Waals surface area (Å²) in [7, 11) is 1.86. The number of benzene rings is 1. The average Bonchev–Trinajstić information content (AvgIpc) is 3.40. The predicted molar refractivity (Wildman–Crippen MR) is 124 cm³/mol. The molecule has 1 aliphatic heterocycles. The van der Waals surface area contributed by atoms with E-state index in [4.69, 9.17) is 9.47 Å². The summed E-state index contributed by atoms with van der Waals surface area (Å²) in [5, 5.41) is 9.70. The minimum Gasteiger partial charge on any atom is -0.490 e. The summed E-state index contributed by atoms with van der Waals surface area (Å²) < 4.78 is 55.0. The normalized spacial score (nSPS) is 18.1. The van der Waals surface area contributed by atoms with Crippen molar-refractivity contribution in [3.8, 4) is 5.75 Å². The van der Waals surface area contributed by atoms with Crippen LogP contribution in [0.1, 0.15) is 55.2 Å². The molecule has 1 unspecified atom stereocenters. The van der Waals surface area contributed by atoms with Crippen LogP contribution in [-0.2, 0) is 29.9 Å².